The molecular formula is C8H16NO3P. The van der Waals surface area contributed by atoms with Crippen molar-refractivity contribution in [2.45, 2.75) is 32.9 Å². The molecule has 1 N–H and O–H groups in total. The largest absolute Gasteiger partial charge is 0.462 e. The molecule has 0 aliphatic carbocycles. The topological polar surface area (TPSA) is 55.4 Å². The van der Waals surface area contributed by atoms with Gasteiger partial charge in [-0.05, 0) is 13.8 Å². The van der Waals surface area contributed by atoms with Crippen molar-refractivity contribution in [3.8, 4) is 0 Å². The minimum absolute atomic E-state index is 0.101. The molecule has 0 bridgehead atoms. The van der Waals surface area contributed by atoms with Gasteiger partial charge in [0.1, 0.15) is 13.3 Å². The Balaban J connectivity index is 2.35. The van der Waals surface area contributed by atoms with Gasteiger partial charge in [0, 0.05) is 12.3 Å². The van der Waals surface area contributed by atoms with Crippen LogP contribution in [0.1, 0.15) is 20.8 Å². The van der Waals surface area contributed by atoms with Crippen LogP contribution in [0.5, 0.6) is 0 Å². The van der Waals surface area contributed by atoms with Crippen molar-refractivity contribution in [2.24, 2.45) is 0 Å². The van der Waals surface area contributed by atoms with E-state index >= 15 is 0 Å². The SMILES string of the molecule is CC[P@@]1(=O)C[C@@H](C(=O)OC(C)C)N1. The van der Waals surface area contributed by atoms with Gasteiger partial charge in [-0.3, -0.25) is 9.88 Å². The number of carbonyl (C=O) groups excluding carboxylic acids is 1. The number of ether oxygens (including phenoxy) is 1. The van der Waals surface area contributed by atoms with Gasteiger partial charge in [-0.2, -0.15) is 0 Å². The summed E-state index contributed by atoms with van der Waals surface area (Å²) in [6.45, 7) is 5.46. The number of esters is 1. The molecule has 4 nitrogen and oxygen atoms in total. The van der Waals surface area contributed by atoms with Crippen molar-refractivity contribution in [3.63, 3.8) is 0 Å². The molecule has 0 radical (unpaired) electrons. The van der Waals surface area contributed by atoms with E-state index in [-0.39, 0.29) is 18.1 Å². The van der Waals surface area contributed by atoms with Gasteiger partial charge in [-0.15, -0.1) is 0 Å². The number of hydrogen-bond acceptors (Lipinski definition) is 3. The highest BCUT2D eigenvalue weighted by atomic mass is 31.2. The number of carbonyl (C=O) groups is 1. The summed E-state index contributed by atoms with van der Waals surface area (Å²) in [5.41, 5.74) is 0. The van der Waals surface area contributed by atoms with Crippen LogP contribution in [0.25, 0.3) is 0 Å². The molecule has 5 heteroatoms. The molecule has 0 aromatic carbocycles. The highest BCUT2D eigenvalue weighted by Gasteiger charge is 2.42. The summed E-state index contributed by atoms with van der Waals surface area (Å²) in [4.78, 5) is 11.2. The monoisotopic (exact) mass is 205 g/mol. The molecule has 0 spiro atoms. The van der Waals surface area contributed by atoms with Gasteiger partial charge in [0.2, 0.25) is 0 Å². The lowest BCUT2D eigenvalue weighted by Gasteiger charge is -2.35. The minimum Gasteiger partial charge on any atom is -0.462 e. The van der Waals surface area contributed by atoms with E-state index in [9.17, 15) is 9.36 Å². The molecule has 1 aliphatic heterocycles. The van der Waals surface area contributed by atoms with Gasteiger partial charge in [0.05, 0.1) is 6.10 Å². The molecule has 0 saturated carbocycles. The van der Waals surface area contributed by atoms with Crippen molar-refractivity contribution in [1.82, 2.24) is 5.09 Å². The Bertz CT molecular complexity index is 242. The van der Waals surface area contributed by atoms with Crippen LogP contribution in [0.4, 0.5) is 0 Å². The van der Waals surface area contributed by atoms with E-state index in [1.165, 1.54) is 0 Å². The van der Waals surface area contributed by atoms with Crippen LogP contribution in [0.2, 0.25) is 0 Å². The highest BCUT2D eigenvalue weighted by Crippen LogP contribution is 2.49. The van der Waals surface area contributed by atoms with Gasteiger partial charge in [0.25, 0.3) is 0 Å². The quantitative estimate of drug-likeness (QED) is 0.555. The Morgan fingerprint density at radius 3 is 2.62 bits per heavy atom. The first-order valence-corrected chi connectivity index (χ1v) is 6.61. The van der Waals surface area contributed by atoms with Gasteiger partial charge < -0.3 is 9.30 Å². The Labute approximate surface area is 78.5 Å². The first-order valence-electron chi connectivity index (χ1n) is 4.53. The lowest BCUT2D eigenvalue weighted by atomic mass is 10.3. The summed E-state index contributed by atoms with van der Waals surface area (Å²) < 4.78 is 16.5. The third kappa shape index (κ3) is 2.55. The van der Waals surface area contributed by atoms with Crippen molar-refractivity contribution < 1.29 is 14.1 Å². The molecule has 0 unspecified atom stereocenters. The standard InChI is InChI=1S/C8H16NO3P/c1-4-13(11)5-7(9-13)8(10)12-6(2)3/h6-7H,4-5H2,1-3H3,(H,9,11)/t7-,13+/m0/s1. The smallest absolute Gasteiger partial charge is 0.324 e. The predicted octanol–water partition coefficient (Wildman–Crippen LogP) is 1.21. The van der Waals surface area contributed by atoms with Crippen LogP contribution in [0.3, 0.4) is 0 Å². The normalized spacial score (nSPS) is 32.8. The van der Waals surface area contributed by atoms with E-state index < -0.39 is 7.29 Å². The first kappa shape index (κ1) is 10.7. The Morgan fingerprint density at radius 1 is 1.69 bits per heavy atom. The molecule has 1 saturated heterocycles. The fourth-order valence-electron chi connectivity index (χ4n) is 1.22. The van der Waals surface area contributed by atoms with Crippen LogP contribution >= 0.6 is 7.29 Å². The predicted molar refractivity (Wildman–Crippen MR) is 51.2 cm³/mol. The molecule has 1 heterocycles. The molecular weight excluding hydrogens is 189 g/mol. The van der Waals surface area contributed by atoms with Gasteiger partial charge >= 0.3 is 5.97 Å². The van der Waals surface area contributed by atoms with E-state index in [1.54, 1.807) is 13.8 Å². The number of hydrogen-bond donors (Lipinski definition) is 1. The van der Waals surface area contributed by atoms with Crippen LogP contribution < -0.4 is 5.09 Å². The zero-order valence-electron chi connectivity index (χ0n) is 8.24. The second-order valence-corrected chi connectivity index (χ2v) is 6.59. The summed E-state index contributed by atoms with van der Waals surface area (Å²) in [5.74, 6) is -0.282. The summed E-state index contributed by atoms with van der Waals surface area (Å²) in [5, 5.41) is 2.79. The Morgan fingerprint density at radius 2 is 2.23 bits per heavy atom. The lowest BCUT2D eigenvalue weighted by molar-refractivity contribution is -0.149. The maximum atomic E-state index is 11.5. The summed E-state index contributed by atoms with van der Waals surface area (Å²) >= 11 is 0. The third-order valence-corrected chi connectivity index (χ3v) is 4.77. The van der Waals surface area contributed by atoms with E-state index in [4.69, 9.17) is 4.74 Å². The lowest BCUT2D eigenvalue weighted by Crippen LogP contribution is -2.50. The molecule has 1 rings (SSSR count). The summed E-state index contributed by atoms with van der Waals surface area (Å²) in [6, 6.07) is -0.340. The van der Waals surface area contributed by atoms with E-state index in [1.807, 2.05) is 6.92 Å². The molecule has 76 valence electrons. The fourth-order valence-corrected chi connectivity index (χ4v) is 3.04. The second kappa shape index (κ2) is 3.81. The minimum atomic E-state index is -2.18. The number of rotatable bonds is 3. The van der Waals surface area contributed by atoms with E-state index in [2.05, 4.69) is 5.09 Å². The maximum Gasteiger partial charge on any atom is 0.324 e. The van der Waals surface area contributed by atoms with Crippen molar-refractivity contribution in [3.05, 3.63) is 0 Å². The van der Waals surface area contributed by atoms with Crippen molar-refractivity contribution in [1.29, 1.82) is 0 Å². The van der Waals surface area contributed by atoms with Crippen molar-refractivity contribution >= 4 is 13.3 Å². The molecule has 0 amide bonds. The Hall–Kier alpha value is -0.340. The van der Waals surface area contributed by atoms with Gasteiger partial charge in [-0.25, -0.2) is 0 Å². The molecule has 2 atom stereocenters. The number of nitrogens with one attached hydrogen (secondary N) is 1. The van der Waals surface area contributed by atoms with E-state index in [0.717, 1.165) is 0 Å². The zero-order valence-corrected chi connectivity index (χ0v) is 9.14. The highest BCUT2D eigenvalue weighted by molar-refractivity contribution is 7.63. The molecule has 1 fully saturated rings. The third-order valence-electron chi connectivity index (χ3n) is 2.02. The average molecular weight is 205 g/mol. The maximum absolute atomic E-state index is 11.5. The fraction of sp³-hybridized carbons (Fsp3) is 0.875. The van der Waals surface area contributed by atoms with Crippen LogP contribution in [0.15, 0.2) is 0 Å². The van der Waals surface area contributed by atoms with Crippen molar-refractivity contribution in [2.75, 3.05) is 12.3 Å². The molecule has 1 aliphatic rings. The zero-order chi connectivity index (χ0) is 10.1. The first-order chi connectivity index (χ1) is 5.97. The molecule has 13 heavy (non-hydrogen) atoms. The second-order valence-electron chi connectivity index (χ2n) is 3.56. The Kier molecular flexibility index (Phi) is 3.14. The average Bonchev–Trinajstić information content (AvgIpc) is 1.97. The molecule has 0 aromatic rings. The molecule has 0 aromatic heterocycles. The summed E-state index contributed by atoms with van der Waals surface area (Å²) in [7, 11) is -2.18. The summed E-state index contributed by atoms with van der Waals surface area (Å²) in [6.07, 6.45) is 0.962. The van der Waals surface area contributed by atoms with Gasteiger partial charge in [0.15, 0.2) is 0 Å². The van der Waals surface area contributed by atoms with Crippen LogP contribution in [-0.2, 0) is 14.1 Å². The van der Waals surface area contributed by atoms with Gasteiger partial charge in [-0.1, -0.05) is 6.92 Å². The van der Waals surface area contributed by atoms with Crippen LogP contribution in [-0.4, -0.2) is 30.4 Å². The van der Waals surface area contributed by atoms with Crippen LogP contribution in [0, 0.1) is 0 Å². The van der Waals surface area contributed by atoms with E-state index in [0.29, 0.717) is 12.3 Å².